The summed E-state index contributed by atoms with van der Waals surface area (Å²) in [6.07, 6.45) is 3.38. The van der Waals surface area contributed by atoms with Gasteiger partial charge in [-0.3, -0.25) is 60.9 Å². The van der Waals surface area contributed by atoms with Gasteiger partial charge in [0, 0.05) is 63.4 Å². The Balaban J connectivity index is 1.20. The lowest BCUT2D eigenvalue weighted by Gasteiger charge is -2.18. The molecule has 2 amide bonds. The standard InChI is InChI=1S/C38H28N10O14S2/c1-20-2-4-21(5-3-20)36(28-18-39-30-10-6-22(14-26(28)30)37(49)41-43-63(59,60)34-12-8-24(45(51)52)16-32(34)47(55)56)29-19-40-31-11-7-23(15-27(29)31)38(50)42-44-64(61,62)35-13-9-25(46(53)54)17-33(35)48(57)58/h2-19,36,39-40,43-44H,1H3,(H,41,49)(H,42,50). The van der Waals surface area contributed by atoms with Crippen LogP contribution in [0.25, 0.3) is 21.8 Å². The quantitative estimate of drug-likeness (QED) is 0.0581. The van der Waals surface area contributed by atoms with E-state index in [2.05, 4.69) is 9.97 Å². The normalized spacial score (nSPS) is 11.7. The van der Waals surface area contributed by atoms with E-state index in [1.807, 2.05) is 42.0 Å². The summed E-state index contributed by atoms with van der Waals surface area (Å²) in [7, 11) is -9.66. The predicted molar refractivity (Wildman–Crippen MR) is 224 cm³/mol. The third-order valence-corrected chi connectivity index (χ3v) is 12.5. The number of nitro groups is 4. The van der Waals surface area contributed by atoms with Crippen molar-refractivity contribution in [3.05, 3.63) is 183 Å². The SMILES string of the molecule is Cc1ccc(C(c2c[nH]c3ccc(C(=O)NNS(=O)(=O)c4ccc([N+](=O)[O-])cc4[N+](=O)[O-])cc23)c2c[nH]c3ccc(C(=O)NNS(=O)(=O)c4ccc([N+](=O)[O-])cc4[N+](=O)[O-])cc23)cc1. The largest absolute Gasteiger partial charge is 0.361 e. The van der Waals surface area contributed by atoms with Gasteiger partial charge in [-0.15, -0.1) is 9.66 Å². The zero-order valence-corrected chi connectivity index (χ0v) is 33.9. The fourth-order valence-electron chi connectivity index (χ4n) is 6.79. The zero-order valence-electron chi connectivity index (χ0n) is 32.3. The molecule has 6 N–H and O–H groups in total. The molecule has 0 saturated carbocycles. The van der Waals surface area contributed by atoms with Gasteiger partial charge in [0.1, 0.15) is 0 Å². The van der Waals surface area contributed by atoms with Gasteiger partial charge < -0.3 is 9.97 Å². The summed E-state index contributed by atoms with van der Waals surface area (Å²) in [5, 5.41) is 46.4. The molecule has 26 heteroatoms. The Kier molecular flexibility index (Phi) is 11.4. The maximum absolute atomic E-state index is 13.4. The van der Waals surface area contributed by atoms with Crippen LogP contribution in [0, 0.1) is 47.4 Å². The molecule has 64 heavy (non-hydrogen) atoms. The van der Waals surface area contributed by atoms with Gasteiger partial charge >= 0.3 is 0 Å². The molecule has 0 aliphatic rings. The molecule has 7 aromatic rings. The minimum absolute atomic E-state index is 0.0590. The number of sulfonamides is 2. The van der Waals surface area contributed by atoms with Crippen molar-refractivity contribution in [3.8, 4) is 0 Å². The number of hydrogen-bond acceptors (Lipinski definition) is 14. The number of fused-ring (bicyclic) bond motifs is 2. The molecule has 0 aliphatic heterocycles. The van der Waals surface area contributed by atoms with Crippen LogP contribution in [0.3, 0.4) is 0 Å². The van der Waals surface area contributed by atoms with Crippen molar-refractivity contribution in [2.45, 2.75) is 22.6 Å². The predicted octanol–water partition coefficient (Wildman–Crippen LogP) is 5.02. The molecular formula is C38H28N10O14S2. The number of amides is 2. The number of carbonyl (C=O) groups is 2. The van der Waals surface area contributed by atoms with Crippen LogP contribution in [0.2, 0.25) is 0 Å². The van der Waals surface area contributed by atoms with E-state index in [-0.39, 0.29) is 11.1 Å². The first-order valence-electron chi connectivity index (χ1n) is 18.0. The Labute approximate surface area is 357 Å². The van der Waals surface area contributed by atoms with Gasteiger partial charge in [0.25, 0.3) is 54.6 Å². The molecule has 0 unspecified atom stereocenters. The van der Waals surface area contributed by atoms with Crippen LogP contribution in [0.5, 0.6) is 0 Å². The number of rotatable bonds is 15. The number of carbonyl (C=O) groups excluding carboxylic acids is 2. The van der Waals surface area contributed by atoms with Crippen LogP contribution >= 0.6 is 0 Å². The lowest BCUT2D eigenvalue weighted by atomic mass is 9.84. The van der Waals surface area contributed by atoms with E-state index < -0.39 is 90.0 Å². The van der Waals surface area contributed by atoms with E-state index >= 15 is 0 Å². The average Bonchev–Trinajstić information content (AvgIpc) is 3.89. The van der Waals surface area contributed by atoms with Gasteiger partial charge in [-0.2, -0.15) is 0 Å². The van der Waals surface area contributed by atoms with Gasteiger partial charge in [0.05, 0.1) is 31.8 Å². The van der Waals surface area contributed by atoms with Crippen molar-refractivity contribution in [1.29, 1.82) is 0 Å². The maximum atomic E-state index is 13.4. The number of aromatic nitrogens is 2. The molecule has 0 radical (unpaired) electrons. The molecule has 0 aliphatic carbocycles. The maximum Gasteiger partial charge on any atom is 0.296 e. The van der Waals surface area contributed by atoms with Gasteiger partial charge in [-0.25, -0.2) is 16.8 Å². The van der Waals surface area contributed by atoms with Crippen LogP contribution in [0.1, 0.15) is 48.9 Å². The number of nitro benzene ring substituents is 4. The fourth-order valence-corrected chi connectivity index (χ4v) is 8.78. The molecule has 0 saturated heterocycles. The molecule has 24 nitrogen and oxygen atoms in total. The monoisotopic (exact) mass is 912 g/mol. The highest BCUT2D eigenvalue weighted by molar-refractivity contribution is 7.90. The Bertz CT molecular complexity index is 3150. The lowest BCUT2D eigenvalue weighted by Crippen LogP contribution is -2.41. The Morgan fingerprint density at radius 1 is 0.547 bits per heavy atom. The van der Waals surface area contributed by atoms with E-state index in [1.54, 1.807) is 34.2 Å². The second-order valence-electron chi connectivity index (χ2n) is 13.8. The molecule has 0 spiro atoms. The highest BCUT2D eigenvalue weighted by Gasteiger charge is 2.31. The zero-order chi connectivity index (χ0) is 46.2. The van der Waals surface area contributed by atoms with Crippen LogP contribution in [-0.4, -0.2) is 58.3 Å². The van der Waals surface area contributed by atoms with Crippen molar-refractivity contribution in [2.24, 2.45) is 0 Å². The number of nitrogens with zero attached hydrogens (tertiary/aromatic N) is 4. The van der Waals surface area contributed by atoms with Crippen LogP contribution in [0.4, 0.5) is 22.7 Å². The summed E-state index contributed by atoms with van der Waals surface area (Å²) < 4.78 is 52.3. The van der Waals surface area contributed by atoms with Gasteiger partial charge in [-0.05, 0) is 72.1 Å². The van der Waals surface area contributed by atoms with Crippen molar-refractivity contribution in [3.63, 3.8) is 0 Å². The third kappa shape index (κ3) is 8.54. The molecule has 0 atom stereocenters. The number of nitrogens with one attached hydrogen (secondary N) is 6. The van der Waals surface area contributed by atoms with E-state index in [9.17, 15) is 66.9 Å². The molecule has 0 fully saturated rings. The Hall–Kier alpha value is -8.46. The van der Waals surface area contributed by atoms with Gasteiger partial charge in [-0.1, -0.05) is 29.8 Å². The summed E-state index contributed by atoms with van der Waals surface area (Å²) in [5.41, 5.74) is 4.22. The molecular weight excluding hydrogens is 885 g/mol. The summed E-state index contributed by atoms with van der Waals surface area (Å²) in [5.74, 6) is -2.59. The summed E-state index contributed by atoms with van der Waals surface area (Å²) in [6, 6.07) is 20.1. The second kappa shape index (κ2) is 16.8. The van der Waals surface area contributed by atoms with E-state index in [0.29, 0.717) is 57.2 Å². The van der Waals surface area contributed by atoms with Crippen LogP contribution < -0.4 is 20.5 Å². The number of aromatic amines is 2. The summed E-state index contributed by atoms with van der Waals surface area (Å²) in [6.45, 7) is 1.88. The average molecular weight is 913 g/mol. The van der Waals surface area contributed by atoms with Crippen LogP contribution in [-0.2, 0) is 20.0 Å². The third-order valence-electron chi connectivity index (χ3n) is 9.86. The summed E-state index contributed by atoms with van der Waals surface area (Å²) in [4.78, 5) is 76.2. The van der Waals surface area contributed by atoms with Crippen molar-refractivity contribution in [2.75, 3.05) is 0 Å². The number of aryl methyl sites for hydroxylation is 1. The number of benzene rings is 5. The minimum Gasteiger partial charge on any atom is -0.361 e. The topological polar surface area (TPSA) is 355 Å². The highest BCUT2D eigenvalue weighted by atomic mass is 32.2. The van der Waals surface area contributed by atoms with E-state index in [1.165, 1.54) is 24.3 Å². The van der Waals surface area contributed by atoms with Crippen LogP contribution in [0.15, 0.2) is 119 Å². The number of H-pyrrole nitrogens is 2. The first-order chi connectivity index (χ1) is 30.2. The molecule has 326 valence electrons. The van der Waals surface area contributed by atoms with Crippen molar-refractivity contribution >= 4 is 76.4 Å². The molecule has 0 bridgehead atoms. The molecule has 2 heterocycles. The molecule has 5 aromatic carbocycles. The minimum atomic E-state index is -4.83. The van der Waals surface area contributed by atoms with Gasteiger partial charge in [0.2, 0.25) is 0 Å². The lowest BCUT2D eigenvalue weighted by molar-refractivity contribution is -0.396. The van der Waals surface area contributed by atoms with Crippen molar-refractivity contribution in [1.82, 2.24) is 30.5 Å². The Morgan fingerprint density at radius 3 is 1.33 bits per heavy atom. The van der Waals surface area contributed by atoms with E-state index in [0.717, 1.165) is 23.3 Å². The second-order valence-corrected chi connectivity index (χ2v) is 17.1. The fraction of sp³-hybridized carbons (Fsp3) is 0.0526. The first kappa shape index (κ1) is 43.6. The smallest absolute Gasteiger partial charge is 0.296 e. The number of hydrogen-bond donors (Lipinski definition) is 6. The number of hydrazine groups is 2. The van der Waals surface area contributed by atoms with E-state index in [4.69, 9.17) is 0 Å². The summed E-state index contributed by atoms with van der Waals surface area (Å²) >= 11 is 0. The molecule has 2 aromatic heterocycles. The molecule has 7 rings (SSSR count). The Morgan fingerprint density at radius 2 is 0.953 bits per heavy atom. The van der Waals surface area contributed by atoms with Crippen molar-refractivity contribution < 1.29 is 46.1 Å². The number of non-ortho nitro benzene ring substituents is 2. The highest BCUT2D eigenvalue weighted by Crippen LogP contribution is 2.40. The first-order valence-corrected chi connectivity index (χ1v) is 21.0. The van der Waals surface area contributed by atoms with Gasteiger partial charge in [0.15, 0.2) is 9.79 Å².